The van der Waals surface area contributed by atoms with Gasteiger partial charge in [-0.25, -0.2) is 9.67 Å². The van der Waals surface area contributed by atoms with Crippen molar-refractivity contribution in [1.29, 1.82) is 0 Å². The minimum atomic E-state index is -0.306. The van der Waals surface area contributed by atoms with Crippen LogP contribution >= 0.6 is 15.9 Å². The Morgan fingerprint density at radius 1 is 1.19 bits per heavy atom. The van der Waals surface area contributed by atoms with Crippen LogP contribution in [-0.2, 0) is 6.54 Å². The number of nitrogens with zero attached hydrogens (tertiary/aromatic N) is 4. The van der Waals surface area contributed by atoms with E-state index in [4.69, 9.17) is 9.15 Å². The summed E-state index contributed by atoms with van der Waals surface area (Å²) in [5.41, 5.74) is 4.06. The molecule has 4 aromatic rings. The predicted molar refractivity (Wildman–Crippen MR) is 124 cm³/mol. The summed E-state index contributed by atoms with van der Waals surface area (Å²) < 4.78 is 13.9. The van der Waals surface area contributed by atoms with Crippen molar-refractivity contribution >= 4 is 27.5 Å². The third kappa shape index (κ3) is 4.29. The quantitative estimate of drug-likeness (QED) is 0.407. The minimum Gasteiger partial charge on any atom is -0.496 e. The first-order chi connectivity index (χ1) is 15.4. The molecule has 8 nitrogen and oxygen atoms in total. The van der Waals surface area contributed by atoms with Gasteiger partial charge in [0.1, 0.15) is 17.2 Å². The van der Waals surface area contributed by atoms with Crippen LogP contribution in [-0.4, -0.2) is 33.0 Å². The molecule has 1 N–H and O–H groups in total. The highest BCUT2D eigenvalue weighted by Crippen LogP contribution is 2.33. The molecule has 0 radical (unpaired) electrons. The Labute approximate surface area is 193 Å². The minimum absolute atomic E-state index is 0.267. The zero-order chi connectivity index (χ0) is 22.8. The molecule has 0 fully saturated rings. The number of aryl methyl sites for hydroxylation is 2. The number of amides is 1. The van der Waals surface area contributed by atoms with E-state index in [0.717, 1.165) is 21.3 Å². The van der Waals surface area contributed by atoms with Crippen LogP contribution in [0.3, 0.4) is 0 Å². The lowest BCUT2D eigenvalue weighted by atomic mass is 10.2. The van der Waals surface area contributed by atoms with Gasteiger partial charge in [0.25, 0.3) is 5.91 Å². The molecule has 4 rings (SSSR count). The topological polar surface area (TPSA) is 95.1 Å². The third-order valence-corrected chi connectivity index (χ3v) is 5.67. The smallest absolute Gasteiger partial charge is 0.278 e. The highest BCUT2D eigenvalue weighted by atomic mass is 79.9. The van der Waals surface area contributed by atoms with Gasteiger partial charge in [-0.15, -0.1) is 5.10 Å². The zero-order valence-electron chi connectivity index (χ0n) is 18.1. The van der Waals surface area contributed by atoms with Crippen molar-refractivity contribution in [3.63, 3.8) is 0 Å². The van der Waals surface area contributed by atoms with Crippen LogP contribution in [0, 0.1) is 20.8 Å². The molecule has 0 saturated heterocycles. The normalized spacial score (nSPS) is 10.9. The van der Waals surface area contributed by atoms with Crippen molar-refractivity contribution < 1.29 is 13.9 Å². The fourth-order valence-corrected chi connectivity index (χ4v) is 3.66. The molecular formula is C23H22BrN5O3. The molecule has 0 aliphatic carbocycles. The van der Waals surface area contributed by atoms with Gasteiger partial charge in [0, 0.05) is 10.2 Å². The fraction of sp³-hybridized carbons (Fsp3) is 0.217. The molecule has 0 aliphatic rings. The first-order valence-corrected chi connectivity index (χ1v) is 10.7. The van der Waals surface area contributed by atoms with Gasteiger partial charge in [0.15, 0.2) is 5.69 Å². The van der Waals surface area contributed by atoms with Crippen LogP contribution in [0.15, 0.2) is 51.4 Å². The van der Waals surface area contributed by atoms with E-state index >= 15 is 0 Å². The largest absolute Gasteiger partial charge is 0.496 e. The number of hydrogen-bond donors (Lipinski definition) is 1. The Kier molecular flexibility index (Phi) is 6.09. The summed E-state index contributed by atoms with van der Waals surface area (Å²) in [6, 6.07) is 13.2. The summed E-state index contributed by atoms with van der Waals surface area (Å²) in [6.07, 6.45) is 0. The zero-order valence-corrected chi connectivity index (χ0v) is 19.7. The van der Waals surface area contributed by atoms with Crippen molar-refractivity contribution in [3.05, 3.63) is 75.3 Å². The van der Waals surface area contributed by atoms with E-state index in [9.17, 15) is 4.79 Å². The number of aromatic nitrogens is 4. The molecular weight excluding hydrogens is 474 g/mol. The molecule has 2 heterocycles. The van der Waals surface area contributed by atoms with Crippen molar-refractivity contribution in [2.24, 2.45) is 0 Å². The van der Waals surface area contributed by atoms with Crippen LogP contribution < -0.4 is 10.1 Å². The Morgan fingerprint density at radius 2 is 1.97 bits per heavy atom. The van der Waals surface area contributed by atoms with Crippen LogP contribution in [0.4, 0.5) is 5.69 Å². The number of halogens is 1. The molecule has 9 heteroatoms. The second-order valence-electron chi connectivity index (χ2n) is 7.32. The summed E-state index contributed by atoms with van der Waals surface area (Å²) in [6.45, 7) is 5.90. The van der Waals surface area contributed by atoms with Crippen LogP contribution in [0.1, 0.15) is 33.2 Å². The molecule has 0 spiro atoms. The number of rotatable bonds is 6. The number of benzene rings is 2. The number of hydrogen-bond acceptors (Lipinski definition) is 6. The van der Waals surface area contributed by atoms with Crippen molar-refractivity contribution in [3.8, 4) is 17.2 Å². The van der Waals surface area contributed by atoms with Gasteiger partial charge in [0.05, 0.1) is 24.9 Å². The summed E-state index contributed by atoms with van der Waals surface area (Å²) in [7, 11) is 1.60. The molecule has 0 unspecified atom stereocenters. The SMILES string of the molecule is COc1ccc(Br)cc1-c1nc(Cn2nnc(C(=O)Nc3ccccc3C)c2C)c(C)o1. The summed E-state index contributed by atoms with van der Waals surface area (Å²) in [5.74, 6) is 1.46. The molecule has 2 aromatic carbocycles. The maximum atomic E-state index is 12.7. The molecule has 0 aliphatic heterocycles. The molecule has 1 amide bonds. The van der Waals surface area contributed by atoms with Crippen LogP contribution in [0.5, 0.6) is 5.75 Å². The van der Waals surface area contributed by atoms with Gasteiger partial charge in [-0.05, 0) is 50.6 Å². The van der Waals surface area contributed by atoms with Crippen molar-refractivity contribution in [2.45, 2.75) is 27.3 Å². The van der Waals surface area contributed by atoms with Gasteiger partial charge in [-0.3, -0.25) is 4.79 Å². The lowest BCUT2D eigenvalue weighted by Crippen LogP contribution is -2.15. The van der Waals surface area contributed by atoms with E-state index in [1.165, 1.54) is 0 Å². The molecule has 0 atom stereocenters. The maximum Gasteiger partial charge on any atom is 0.278 e. The highest BCUT2D eigenvalue weighted by Gasteiger charge is 2.20. The van der Waals surface area contributed by atoms with E-state index in [2.05, 4.69) is 36.5 Å². The van der Waals surface area contributed by atoms with E-state index in [0.29, 0.717) is 35.3 Å². The molecule has 32 heavy (non-hydrogen) atoms. The Morgan fingerprint density at radius 3 is 2.72 bits per heavy atom. The number of para-hydroxylation sites is 1. The number of ether oxygens (including phenoxy) is 1. The fourth-order valence-electron chi connectivity index (χ4n) is 3.29. The molecule has 0 bridgehead atoms. The lowest BCUT2D eigenvalue weighted by molar-refractivity contribution is 0.102. The summed E-state index contributed by atoms with van der Waals surface area (Å²) >= 11 is 3.47. The van der Waals surface area contributed by atoms with Crippen LogP contribution in [0.2, 0.25) is 0 Å². The maximum absolute atomic E-state index is 12.7. The third-order valence-electron chi connectivity index (χ3n) is 5.18. The number of oxazole rings is 1. The first kappa shape index (κ1) is 21.8. The second-order valence-corrected chi connectivity index (χ2v) is 8.23. The van der Waals surface area contributed by atoms with E-state index in [1.54, 1.807) is 18.7 Å². The summed E-state index contributed by atoms with van der Waals surface area (Å²) in [4.78, 5) is 17.4. The number of nitrogens with one attached hydrogen (secondary N) is 1. The Bertz CT molecular complexity index is 1290. The van der Waals surface area contributed by atoms with Crippen molar-refractivity contribution in [2.75, 3.05) is 12.4 Å². The van der Waals surface area contributed by atoms with E-state index < -0.39 is 0 Å². The number of carbonyl (C=O) groups excluding carboxylic acids is 1. The highest BCUT2D eigenvalue weighted by molar-refractivity contribution is 9.10. The van der Waals surface area contributed by atoms with Gasteiger partial charge in [-0.2, -0.15) is 0 Å². The lowest BCUT2D eigenvalue weighted by Gasteiger charge is -2.07. The average Bonchev–Trinajstić information content (AvgIpc) is 3.32. The van der Waals surface area contributed by atoms with Gasteiger partial charge in [0.2, 0.25) is 5.89 Å². The predicted octanol–water partition coefficient (Wildman–Crippen LogP) is 4.93. The standard InChI is InChI=1S/C23H22BrN5O3/c1-13-7-5-6-8-18(13)25-22(30)21-14(2)29(28-27-21)12-19-15(3)32-23(26-19)17-11-16(24)9-10-20(17)31-4/h5-11H,12H2,1-4H3,(H,25,30). The molecule has 164 valence electrons. The number of methoxy groups -OCH3 is 1. The van der Waals surface area contributed by atoms with E-state index in [1.807, 2.05) is 56.3 Å². The second kappa shape index (κ2) is 8.96. The molecule has 2 aromatic heterocycles. The average molecular weight is 496 g/mol. The summed E-state index contributed by atoms with van der Waals surface area (Å²) in [5, 5.41) is 11.1. The number of carbonyl (C=O) groups is 1. The van der Waals surface area contributed by atoms with Gasteiger partial charge >= 0.3 is 0 Å². The Balaban J connectivity index is 1.57. The first-order valence-electron chi connectivity index (χ1n) is 9.94. The Hall–Kier alpha value is -3.46. The van der Waals surface area contributed by atoms with Crippen LogP contribution in [0.25, 0.3) is 11.5 Å². The van der Waals surface area contributed by atoms with Gasteiger partial charge < -0.3 is 14.5 Å². The molecule has 0 saturated carbocycles. The van der Waals surface area contributed by atoms with E-state index in [-0.39, 0.29) is 11.6 Å². The number of anilines is 1. The van der Waals surface area contributed by atoms with Gasteiger partial charge in [-0.1, -0.05) is 39.3 Å². The van der Waals surface area contributed by atoms with Crippen molar-refractivity contribution in [1.82, 2.24) is 20.0 Å². The monoisotopic (exact) mass is 495 g/mol.